The third kappa shape index (κ3) is 4.53. The van der Waals surface area contributed by atoms with Gasteiger partial charge in [-0.15, -0.1) is 10.2 Å². The Hall–Kier alpha value is -2.06. The number of hydrogen-bond donors (Lipinski definition) is 1. The molecule has 1 aliphatic heterocycles. The second-order valence-electron chi connectivity index (χ2n) is 9.86. The Morgan fingerprint density at radius 3 is 2.44 bits per heavy atom. The third-order valence-electron chi connectivity index (χ3n) is 7.59. The molecule has 3 fully saturated rings. The van der Waals surface area contributed by atoms with E-state index in [4.69, 9.17) is 0 Å². The van der Waals surface area contributed by atoms with Crippen molar-refractivity contribution < 1.29 is 8.42 Å². The van der Waals surface area contributed by atoms with Gasteiger partial charge in [0, 0.05) is 31.9 Å². The van der Waals surface area contributed by atoms with Crippen LogP contribution in [-0.4, -0.2) is 52.9 Å². The molecule has 3 aliphatic rings. The van der Waals surface area contributed by atoms with Crippen LogP contribution >= 0.6 is 0 Å². The van der Waals surface area contributed by atoms with Crippen LogP contribution in [0.25, 0.3) is 0 Å². The molecule has 2 aromatic rings. The van der Waals surface area contributed by atoms with E-state index in [2.05, 4.69) is 38.4 Å². The lowest BCUT2D eigenvalue weighted by atomic mass is 10.0. The molecular weight excluding hydrogens is 422 g/mol. The molecule has 7 nitrogen and oxygen atoms in total. The Morgan fingerprint density at radius 1 is 1.03 bits per heavy atom. The van der Waals surface area contributed by atoms with Crippen LogP contribution in [-0.2, 0) is 16.4 Å². The molecule has 0 unspecified atom stereocenters. The predicted molar refractivity (Wildman–Crippen MR) is 124 cm³/mol. The second-order valence-corrected chi connectivity index (χ2v) is 12.0. The van der Waals surface area contributed by atoms with Crippen molar-refractivity contribution in [2.24, 2.45) is 11.8 Å². The first-order valence-corrected chi connectivity index (χ1v) is 13.5. The van der Waals surface area contributed by atoms with Gasteiger partial charge in [-0.25, -0.2) is 8.42 Å². The standard InChI is InChI=1S/C24H33N5O2S/c1-17-6-5-11-25-22(17)16-29-14-18-12-20(13-19(18)15-29)26-23-9-10-24(28-27-23)32(30,31)21-7-3-2-4-8-21/h5-6,9-11,18-21H,2-4,7-8,12-16H2,1H3,(H,26,27)/t18-,19-/m1/s1. The van der Waals surface area contributed by atoms with Gasteiger partial charge in [0.25, 0.3) is 0 Å². The molecule has 2 aromatic heterocycles. The number of nitrogens with zero attached hydrogens (tertiary/aromatic N) is 4. The average molecular weight is 456 g/mol. The van der Waals surface area contributed by atoms with Crippen LogP contribution < -0.4 is 5.32 Å². The van der Waals surface area contributed by atoms with Crippen molar-refractivity contribution in [3.8, 4) is 0 Å². The Labute approximate surface area is 191 Å². The fourth-order valence-electron chi connectivity index (χ4n) is 5.84. The number of sulfone groups is 1. The van der Waals surface area contributed by atoms with E-state index in [-0.39, 0.29) is 10.3 Å². The molecule has 1 saturated heterocycles. The minimum Gasteiger partial charge on any atom is -0.366 e. The Kier molecular flexibility index (Phi) is 6.16. The molecule has 1 N–H and O–H groups in total. The highest BCUT2D eigenvalue weighted by Crippen LogP contribution is 2.39. The number of aromatic nitrogens is 3. The molecule has 0 bridgehead atoms. The SMILES string of the molecule is Cc1cccnc1CN1C[C@H]2CC(Nc3ccc(S(=O)(=O)C4CCCCC4)nn3)C[C@@H]2C1. The normalized spacial score (nSPS) is 25.2. The van der Waals surface area contributed by atoms with Gasteiger partial charge in [0.15, 0.2) is 14.9 Å². The number of hydrogen-bond acceptors (Lipinski definition) is 7. The lowest BCUT2D eigenvalue weighted by Gasteiger charge is -2.21. The van der Waals surface area contributed by atoms with Gasteiger partial charge in [0.2, 0.25) is 0 Å². The van der Waals surface area contributed by atoms with E-state index in [1.54, 1.807) is 12.1 Å². The van der Waals surface area contributed by atoms with Crippen molar-refractivity contribution in [1.82, 2.24) is 20.1 Å². The highest BCUT2D eigenvalue weighted by molar-refractivity contribution is 7.92. The fraction of sp³-hybridized carbons (Fsp3) is 0.625. The first kappa shape index (κ1) is 21.8. The summed E-state index contributed by atoms with van der Waals surface area (Å²) < 4.78 is 25.7. The van der Waals surface area contributed by atoms with Gasteiger partial charge in [-0.1, -0.05) is 25.3 Å². The van der Waals surface area contributed by atoms with Gasteiger partial charge in [-0.3, -0.25) is 9.88 Å². The number of pyridine rings is 1. The van der Waals surface area contributed by atoms with Gasteiger partial charge in [0.1, 0.15) is 5.82 Å². The Balaban J connectivity index is 1.15. The van der Waals surface area contributed by atoms with Crippen molar-refractivity contribution in [3.63, 3.8) is 0 Å². The molecule has 32 heavy (non-hydrogen) atoms. The molecule has 2 atom stereocenters. The van der Waals surface area contributed by atoms with Crippen LogP contribution in [0.1, 0.15) is 56.2 Å². The van der Waals surface area contributed by atoms with Crippen molar-refractivity contribution in [2.75, 3.05) is 18.4 Å². The monoisotopic (exact) mass is 455 g/mol. The maximum Gasteiger partial charge on any atom is 0.200 e. The molecule has 0 aromatic carbocycles. The summed E-state index contributed by atoms with van der Waals surface area (Å²) in [6, 6.07) is 7.92. The van der Waals surface area contributed by atoms with Gasteiger partial charge in [-0.2, -0.15) is 0 Å². The molecule has 172 valence electrons. The van der Waals surface area contributed by atoms with Crippen molar-refractivity contribution in [3.05, 3.63) is 41.7 Å². The van der Waals surface area contributed by atoms with Gasteiger partial charge in [0.05, 0.1) is 10.9 Å². The number of fused-ring (bicyclic) bond motifs is 1. The quantitative estimate of drug-likeness (QED) is 0.712. The molecule has 2 saturated carbocycles. The maximum absolute atomic E-state index is 12.8. The summed E-state index contributed by atoms with van der Waals surface area (Å²) in [5.74, 6) is 2.06. The molecule has 2 aliphatic carbocycles. The van der Waals surface area contributed by atoms with Gasteiger partial charge >= 0.3 is 0 Å². The van der Waals surface area contributed by atoms with Crippen LogP contribution in [0.15, 0.2) is 35.5 Å². The Bertz CT molecular complexity index is 1020. The molecule has 8 heteroatoms. The Morgan fingerprint density at radius 2 is 1.78 bits per heavy atom. The van der Waals surface area contributed by atoms with E-state index in [0.717, 1.165) is 64.6 Å². The van der Waals surface area contributed by atoms with Crippen LogP contribution in [0.4, 0.5) is 5.82 Å². The van der Waals surface area contributed by atoms with Crippen molar-refractivity contribution >= 4 is 15.7 Å². The summed E-state index contributed by atoms with van der Waals surface area (Å²) in [6.07, 6.45) is 8.70. The minimum absolute atomic E-state index is 0.124. The molecule has 0 amide bonds. The topological polar surface area (TPSA) is 88.1 Å². The third-order valence-corrected chi connectivity index (χ3v) is 9.74. The first-order chi connectivity index (χ1) is 15.5. The lowest BCUT2D eigenvalue weighted by molar-refractivity contribution is 0.297. The summed E-state index contributed by atoms with van der Waals surface area (Å²) in [6.45, 7) is 5.29. The van der Waals surface area contributed by atoms with E-state index in [9.17, 15) is 8.42 Å². The number of anilines is 1. The van der Waals surface area contributed by atoms with E-state index >= 15 is 0 Å². The number of likely N-dealkylation sites (tertiary alicyclic amines) is 1. The lowest BCUT2D eigenvalue weighted by Crippen LogP contribution is -2.26. The van der Waals surface area contributed by atoms with Gasteiger partial charge in [-0.05, 0) is 68.2 Å². The van der Waals surface area contributed by atoms with Crippen LogP contribution in [0, 0.1) is 18.8 Å². The van der Waals surface area contributed by atoms with Gasteiger partial charge < -0.3 is 5.32 Å². The first-order valence-electron chi connectivity index (χ1n) is 12.0. The molecule has 0 radical (unpaired) electrons. The smallest absolute Gasteiger partial charge is 0.200 e. The van der Waals surface area contributed by atoms with Crippen LogP contribution in [0.5, 0.6) is 0 Å². The average Bonchev–Trinajstić information content (AvgIpc) is 3.34. The second kappa shape index (κ2) is 9.06. The summed E-state index contributed by atoms with van der Waals surface area (Å²) in [5, 5.41) is 11.6. The maximum atomic E-state index is 12.8. The predicted octanol–water partition coefficient (Wildman–Crippen LogP) is 3.61. The molecule has 0 spiro atoms. The minimum atomic E-state index is -3.37. The zero-order chi connectivity index (χ0) is 22.1. The summed E-state index contributed by atoms with van der Waals surface area (Å²) in [4.78, 5) is 7.08. The number of rotatable bonds is 6. The highest BCUT2D eigenvalue weighted by atomic mass is 32.2. The van der Waals surface area contributed by atoms with Crippen molar-refractivity contribution in [2.45, 2.75) is 74.7 Å². The number of aryl methyl sites for hydroxylation is 1. The van der Waals surface area contributed by atoms with Crippen LogP contribution in [0.2, 0.25) is 0 Å². The van der Waals surface area contributed by atoms with Crippen LogP contribution in [0.3, 0.4) is 0 Å². The highest BCUT2D eigenvalue weighted by Gasteiger charge is 2.41. The number of nitrogens with one attached hydrogen (secondary N) is 1. The van der Waals surface area contributed by atoms with E-state index in [1.165, 1.54) is 11.3 Å². The zero-order valence-electron chi connectivity index (χ0n) is 18.8. The molecule has 3 heterocycles. The largest absolute Gasteiger partial charge is 0.366 e. The summed E-state index contributed by atoms with van der Waals surface area (Å²) in [5.41, 5.74) is 2.44. The zero-order valence-corrected chi connectivity index (χ0v) is 19.6. The fourth-order valence-corrected chi connectivity index (χ4v) is 7.55. The van der Waals surface area contributed by atoms with E-state index in [1.807, 2.05) is 12.3 Å². The van der Waals surface area contributed by atoms with Crippen molar-refractivity contribution in [1.29, 1.82) is 0 Å². The molecular formula is C24H33N5O2S. The summed E-state index contributed by atoms with van der Waals surface area (Å²) >= 11 is 0. The summed E-state index contributed by atoms with van der Waals surface area (Å²) in [7, 11) is -3.37. The van der Waals surface area contributed by atoms with E-state index in [0.29, 0.717) is 23.7 Å². The van der Waals surface area contributed by atoms with E-state index < -0.39 is 9.84 Å². The molecule has 5 rings (SSSR count).